The Kier molecular flexibility index (Phi) is 2.14. The molecule has 0 spiro atoms. The number of hydrogen-bond donors (Lipinski definition) is 1. The largest absolute Gasteiger partial charge is 0.387 e. The van der Waals surface area contributed by atoms with Gasteiger partial charge in [0.15, 0.2) is 0 Å². The van der Waals surface area contributed by atoms with Crippen LogP contribution in [-0.2, 0) is 0 Å². The Morgan fingerprint density at radius 2 is 2.21 bits per heavy atom. The molecule has 2 N–H and O–H groups in total. The maximum absolute atomic E-state index is 5.55. The number of amidine groups is 1. The summed E-state index contributed by atoms with van der Waals surface area (Å²) in [5.41, 5.74) is 6.44. The number of nitrogens with two attached hydrogens (primary N) is 1. The highest BCUT2D eigenvalue weighted by Gasteiger charge is 1.97. The highest BCUT2D eigenvalue weighted by atomic mass is 14.8. The summed E-state index contributed by atoms with van der Waals surface area (Å²) in [6, 6.07) is 7.84. The van der Waals surface area contributed by atoms with Gasteiger partial charge in [-0.15, -0.1) is 0 Å². The molecular weight excluding hydrogens is 174 g/mol. The van der Waals surface area contributed by atoms with Gasteiger partial charge in [0.2, 0.25) is 0 Å². The third kappa shape index (κ3) is 1.57. The molecule has 1 aromatic heterocycles. The van der Waals surface area contributed by atoms with E-state index in [0.29, 0.717) is 5.84 Å². The second kappa shape index (κ2) is 3.46. The van der Waals surface area contributed by atoms with Crippen LogP contribution in [0.15, 0.2) is 41.7 Å². The summed E-state index contributed by atoms with van der Waals surface area (Å²) in [4.78, 5) is 8.31. The van der Waals surface area contributed by atoms with Crippen molar-refractivity contribution in [3.05, 3.63) is 36.7 Å². The Morgan fingerprint density at radius 1 is 1.36 bits per heavy atom. The number of pyridine rings is 1. The molecule has 0 saturated heterocycles. The van der Waals surface area contributed by atoms with E-state index in [1.54, 1.807) is 13.1 Å². The molecule has 2 rings (SSSR count). The van der Waals surface area contributed by atoms with E-state index >= 15 is 0 Å². The maximum atomic E-state index is 5.55. The van der Waals surface area contributed by atoms with E-state index in [-0.39, 0.29) is 0 Å². The second-order valence-electron chi connectivity index (χ2n) is 3.13. The van der Waals surface area contributed by atoms with E-state index in [9.17, 15) is 0 Å². The lowest BCUT2D eigenvalue weighted by Gasteiger charge is -2.00. The SMILES string of the molecule is CC(N)=Nc1cccc2cnccc12. The third-order valence-electron chi connectivity index (χ3n) is 1.95. The van der Waals surface area contributed by atoms with Gasteiger partial charge in [0, 0.05) is 23.2 Å². The fourth-order valence-corrected chi connectivity index (χ4v) is 1.39. The predicted molar refractivity (Wildman–Crippen MR) is 58.7 cm³/mol. The average Bonchev–Trinajstić information content (AvgIpc) is 2.18. The summed E-state index contributed by atoms with van der Waals surface area (Å²) in [7, 11) is 0. The van der Waals surface area contributed by atoms with Gasteiger partial charge in [0.05, 0.1) is 11.5 Å². The predicted octanol–water partition coefficient (Wildman–Crippen LogP) is 2.24. The monoisotopic (exact) mass is 185 g/mol. The molecule has 1 aromatic carbocycles. The maximum Gasteiger partial charge on any atom is 0.0965 e. The van der Waals surface area contributed by atoms with Crippen molar-refractivity contribution in [2.75, 3.05) is 0 Å². The van der Waals surface area contributed by atoms with E-state index in [1.807, 2.05) is 30.5 Å². The molecule has 70 valence electrons. The van der Waals surface area contributed by atoms with E-state index in [0.717, 1.165) is 16.5 Å². The summed E-state index contributed by atoms with van der Waals surface area (Å²) < 4.78 is 0. The first-order valence-electron chi connectivity index (χ1n) is 4.41. The Hall–Kier alpha value is -1.90. The van der Waals surface area contributed by atoms with Gasteiger partial charge in [0.1, 0.15) is 0 Å². The van der Waals surface area contributed by atoms with Crippen molar-refractivity contribution in [2.24, 2.45) is 10.7 Å². The zero-order valence-electron chi connectivity index (χ0n) is 7.94. The first kappa shape index (κ1) is 8.69. The van der Waals surface area contributed by atoms with Crippen LogP contribution in [0, 0.1) is 0 Å². The van der Waals surface area contributed by atoms with Gasteiger partial charge in [-0.05, 0) is 19.1 Å². The fourth-order valence-electron chi connectivity index (χ4n) is 1.39. The van der Waals surface area contributed by atoms with Gasteiger partial charge in [-0.25, -0.2) is 4.99 Å². The van der Waals surface area contributed by atoms with Crippen LogP contribution in [-0.4, -0.2) is 10.8 Å². The van der Waals surface area contributed by atoms with Crippen molar-refractivity contribution in [3.63, 3.8) is 0 Å². The van der Waals surface area contributed by atoms with E-state index in [4.69, 9.17) is 5.73 Å². The van der Waals surface area contributed by atoms with Gasteiger partial charge in [-0.3, -0.25) is 4.98 Å². The molecule has 0 saturated carbocycles. The van der Waals surface area contributed by atoms with Crippen molar-refractivity contribution >= 4 is 22.3 Å². The second-order valence-corrected chi connectivity index (χ2v) is 3.13. The molecule has 14 heavy (non-hydrogen) atoms. The van der Waals surface area contributed by atoms with Crippen LogP contribution >= 0.6 is 0 Å². The first-order chi connectivity index (χ1) is 6.77. The molecule has 0 amide bonds. The van der Waals surface area contributed by atoms with Gasteiger partial charge in [-0.2, -0.15) is 0 Å². The Bertz CT molecular complexity index is 479. The number of aliphatic imine (C=N–C) groups is 1. The van der Waals surface area contributed by atoms with Crippen LogP contribution < -0.4 is 5.73 Å². The highest BCUT2D eigenvalue weighted by Crippen LogP contribution is 2.24. The minimum atomic E-state index is 0.564. The Balaban J connectivity index is 2.71. The quantitative estimate of drug-likeness (QED) is 0.547. The summed E-state index contributed by atoms with van der Waals surface area (Å²) >= 11 is 0. The topological polar surface area (TPSA) is 51.3 Å². The first-order valence-corrected chi connectivity index (χ1v) is 4.41. The molecular formula is C11H11N3. The molecule has 0 radical (unpaired) electrons. The Morgan fingerprint density at radius 3 is 3.00 bits per heavy atom. The Labute approximate surface area is 82.3 Å². The zero-order chi connectivity index (χ0) is 9.97. The summed E-state index contributed by atoms with van der Waals surface area (Å²) in [5, 5.41) is 2.15. The van der Waals surface area contributed by atoms with Crippen LogP contribution in [0.4, 0.5) is 5.69 Å². The molecule has 0 aliphatic heterocycles. The molecule has 0 unspecified atom stereocenters. The summed E-state index contributed by atoms with van der Waals surface area (Å²) in [5.74, 6) is 0.564. The average molecular weight is 185 g/mol. The lowest BCUT2D eigenvalue weighted by Crippen LogP contribution is -2.03. The number of rotatable bonds is 1. The van der Waals surface area contributed by atoms with E-state index in [1.165, 1.54) is 0 Å². The standard InChI is InChI=1S/C11H11N3/c1-8(12)14-11-4-2-3-9-7-13-6-5-10(9)11/h2-7H,1H3,(H2,12,14). The van der Waals surface area contributed by atoms with Crippen LogP contribution in [0.25, 0.3) is 10.8 Å². The highest BCUT2D eigenvalue weighted by molar-refractivity contribution is 5.94. The molecule has 0 bridgehead atoms. The molecule has 0 aliphatic rings. The number of benzene rings is 1. The smallest absolute Gasteiger partial charge is 0.0965 e. The molecule has 1 heterocycles. The van der Waals surface area contributed by atoms with Crippen LogP contribution in [0.1, 0.15) is 6.92 Å². The number of fused-ring (bicyclic) bond motifs is 1. The lowest BCUT2D eigenvalue weighted by atomic mass is 10.1. The normalized spacial score (nSPS) is 11.9. The van der Waals surface area contributed by atoms with Crippen LogP contribution in [0.2, 0.25) is 0 Å². The molecule has 0 aliphatic carbocycles. The fraction of sp³-hybridized carbons (Fsp3) is 0.0909. The minimum Gasteiger partial charge on any atom is -0.387 e. The molecule has 2 aromatic rings. The van der Waals surface area contributed by atoms with Gasteiger partial charge in [0.25, 0.3) is 0 Å². The molecule has 3 nitrogen and oxygen atoms in total. The van der Waals surface area contributed by atoms with Crippen molar-refractivity contribution in [3.8, 4) is 0 Å². The van der Waals surface area contributed by atoms with Crippen molar-refractivity contribution in [1.82, 2.24) is 4.98 Å². The van der Waals surface area contributed by atoms with Crippen LogP contribution in [0.5, 0.6) is 0 Å². The van der Waals surface area contributed by atoms with E-state index < -0.39 is 0 Å². The number of aromatic nitrogens is 1. The van der Waals surface area contributed by atoms with Crippen molar-refractivity contribution < 1.29 is 0 Å². The van der Waals surface area contributed by atoms with Crippen molar-refractivity contribution in [1.29, 1.82) is 0 Å². The minimum absolute atomic E-state index is 0.564. The van der Waals surface area contributed by atoms with E-state index in [2.05, 4.69) is 9.98 Å². The lowest BCUT2D eigenvalue weighted by molar-refractivity contribution is 1.36. The van der Waals surface area contributed by atoms with Gasteiger partial charge in [-0.1, -0.05) is 12.1 Å². The van der Waals surface area contributed by atoms with Gasteiger partial charge >= 0.3 is 0 Å². The summed E-state index contributed by atoms with van der Waals surface area (Å²) in [6.45, 7) is 1.78. The van der Waals surface area contributed by atoms with Crippen LogP contribution in [0.3, 0.4) is 0 Å². The molecule has 3 heteroatoms. The zero-order valence-corrected chi connectivity index (χ0v) is 7.94. The molecule has 0 fully saturated rings. The van der Waals surface area contributed by atoms with Gasteiger partial charge < -0.3 is 5.73 Å². The van der Waals surface area contributed by atoms with Crippen molar-refractivity contribution in [2.45, 2.75) is 6.92 Å². The third-order valence-corrected chi connectivity index (χ3v) is 1.95. The number of hydrogen-bond acceptors (Lipinski definition) is 2. The number of nitrogens with zero attached hydrogens (tertiary/aromatic N) is 2. The molecule has 0 atom stereocenters. The summed E-state index contributed by atoms with van der Waals surface area (Å²) in [6.07, 6.45) is 3.58.